The van der Waals surface area contributed by atoms with Gasteiger partial charge in [-0.05, 0) is 12.5 Å². The molecule has 1 heterocycles. The molecule has 92 valence electrons. The number of Topliss-reactive ketones (excluding diaryl/α,β-unsaturated/α-hetero) is 1. The number of benzene rings is 1. The van der Waals surface area contributed by atoms with E-state index < -0.39 is 0 Å². The van der Waals surface area contributed by atoms with Crippen LogP contribution in [0.5, 0.6) is 0 Å². The number of fused-ring (bicyclic) bond motifs is 1. The molecule has 1 aromatic heterocycles. The second kappa shape index (κ2) is 5.50. The molecule has 0 atom stereocenters. The van der Waals surface area contributed by atoms with Crippen molar-refractivity contribution >= 4 is 16.7 Å². The van der Waals surface area contributed by atoms with Crippen LogP contribution in [0.3, 0.4) is 0 Å². The highest BCUT2D eigenvalue weighted by molar-refractivity contribution is 6.08. The highest BCUT2D eigenvalue weighted by atomic mass is 16.1. The minimum atomic E-state index is -0.0936. The lowest BCUT2D eigenvalue weighted by atomic mass is 10.1. The van der Waals surface area contributed by atoms with Gasteiger partial charge >= 0.3 is 0 Å². The first kappa shape index (κ1) is 12.4. The first-order valence-corrected chi connectivity index (χ1v) is 6.26. The summed E-state index contributed by atoms with van der Waals surface area (Å²) in [6.45, 7) is 3.06. The molecule has 0 saturated carbocycles. The van der Waals surface area contributed by atoms with Crippen molar-refractivity contribution in [1.29, 1.82) is 5.26 Å². The number of carbonyl (C=O) groups is 1. The Morgan fingerprint density at radius 1 is 1.39 bits per heavy atom. The maximum Gasteiger partial charge on any atom is 0.179 e. The first-order valence-electron chi connectivity index (χ1n) is 6.26. The zero-order valence-corrected chi connectivity index (χ0v) is 10.5. The van der Waals surface area contributed by atoms with Crippen molar-refractivity contribution in [3.05, 3.63) is 36.0 Å². The van der Waals surface area contributed by atoms with Gasteiger partial charge in [0.05, 0.1) is 12.5 Å². The van der Waals surface area contributed by atoms with Crippen LogP contribution in [-0.2, 0) is 6.54 Å². The Kier molecular flexibility index (Phi) is 3.78. The summed E-state index contributed by atoms with van der Waals surface area (Å²) in [5, 5.41) is 9.59. The maximum absolute atomic E-state index is 11.9. The van der Waals surface area contributed by atoms with E-state index in [1.54, 1.807) is 0 Å². The monoisotopic (exact) mass is 240 g/mol. The number of hydrogen-bond acceptors (Lipinski definition) is 2. The van der Waals surface area contributed by atoms with Gasteiger partial charge in [-0.2, -0.15) is 5.26 Å². The molecule has 0 unspecified atom stereocenters. The fraction of sp³-hybridized carbons (Fsp3) is 0.333. The number of aromatic nitrogens is 1. The average Bonchev–Trinajstić information content (AvgIpc) is 2.76. The Morgan fingerprint density at radius 3 is 2.89 bits per heavy atom. The summed E-state index contributed by atoms with van der Waals surface area (Å²) in [7, 11) is 0. The van der Waals surface area contributed by atoms with E-state index in [2.05, 4.69) is 11.5 Å². The van der Waals surface area contributed by atoms with E-state index in [0.717, 1.165) is 30.3 Å². The lowest BCUT2D eigenvalue weighted by Gasteiger charge is -2.02. The SMILES string of the molecule is CCCCn1cc(C(=O)CC#N)c2ccccc21. The van der Waals surface area contributed by atoms with E-state index in [0.29, 0.717) is 5.56 Å². The Morgan fingerprint density at radius 2 is 2.17 bits per heavy atom. The number of carbonyl (C=O) groups excluding carboxylic acids is 1. The van der Waals surface area contributed by atoms with Gasteiger partial charge in [-0.15, -0.1) is 0 Å². The van der Waals surface area contributed by atoms with Crippen LogP contribution in [0.15, 0.2) is 30.5 Å². The maximum atomic E-state index is 11.9. The smallest absolute Gasteiger partial charge is 0.179 e. The first-order chi connectivity index (χ1) is 8.77. The van der Waals surface area contributed by atoms with Crippen molar-refractivity contribution < 1.29 is 4.79 Å². The largest absolute Gasteiger partial charge is 0.347 e. The Bertz CT molecular complexity index is 604. The second-order valence-electron chi connectivity index (χ2n) is 4.36. The molecule has 0 amide bonds. The van der Waals surface area contributed by atoms with Crippen LogP contribution in [-0.4, -0.2) is 10.4 Å². The molecule has 2 aromatic rings. The average molecular weight is 240 g/mol. The third kappa shape index (κ3) is 2.28. The van der Waals surface area contributed by atoms with Gasteiger partial charge in [0, 0.05) is 29.2 Å². The predicted octanol–water partition coefficient (Wildman–Crippen LogP) is 3.54. The molecule has 18 heavy (non-hydrogen) atoms. The quantitative estimate of drug-likeness (QED) is 0.750. The molecular formula is C15H16N2O. The van der Waals surface area contributed by atoms with Gasteiger partial charge in [0.1, 0.15) is 0 Å². The minimum Gasteiger partial charge on any atom is -0.347 e. The fourth-order valence-electron chi connectivity index (χ4n) is 2.15. The standard InChI is InChI=1S/C15H16N2O/c1-2-3-10-17-11-13(15(18)8-9-16)12-6-4-5-7-14(12)17/h4-7,11H,2-3,8,10H2,1H3. The predicted molar refractivity (Wildman–Crippen MR) is 71.4 cm³/mol. The lowest BCUT2D eigenvalue weighted by Crippen LogP contribution is -1.97. The van der Waals surface area contributed by atoms with E-state index in [1.807, 2.05) is 36.5 Å². The highest BCUT2D eigenvalue weighted by Gasteiger charge is 2.13. The molecule has 1 aromatic carbocycles. The summed E-state index contributed by atoms with van der Waals surface area (Å²) in [5.41, 5.74) is 1.75. The number of nitriles is 1. The van der Waals surface area contributed by atoms with Gasteiger partial charge in [-0.25, -0.2) is 0 Å². The fourth-order valence-corrected chi connectivity index (χ4v) is 2.15. The topological polar surface area (TPSA) is 45.8 Å². The van der Waals surface area contributed by atoms with Crippen molar-refractivity contribution in [3.8, 4) is 6.07 Å². The van der Waals surface area contributed by atoms with Gasteiger partial charge in [0.15, 0.2) is 5.78 Å². The molecule has 3 nitrogen and oxygen atoms in total. The zero-order valence-electron chi connectivity index (χ0n) is 10.5. The lowest BCUT2D eigenvalue weighted by molar-refractivity contribution is 0.0999. The summed E-state index contributed by atoms with van der Waals surface area (Å²) in [4.78, 5) is 11.9. The molecule has 2 rings (SSSR count). The minimum absolute atomic E-state index is 0.0538. The summed E-state index contributed by atoms with van der Waals surface area (Å²) < 4.78 is 2.11. The van der Waals surface area contributed by atoms with Crippen molar-refractivity contribution in [3.63, 3.8) is 0 Å². The van der Waals surface area contributed by atoms with Crippen molar-refractivity contribution in [2.75, 3.05) is 0 Å². The molecule has 3 heteroatoms. The van der Waals surface area contributed by atoms with Gasteiger partial charge in [-0.1, -0.05) is 31.5 Å². The number of unbranched alkanes of at least 4 members (excludes halogenated alkanes) is 1. The summed E-state index contributed by atoms with van der Waals surface area (Å²) >= 11 is 0. The van der Waals surface area contributed by atoms with Crippen LogP contribution in [0.1, 0.15) is 36.5 Å². The third-order valence-corrected chi connectivity index (χ3v) is 3.08. The number of aryl methyl sites for hydroxylation is 1. The number of nitrogens with zero attached hydrogens (tertiary/aromatic N) is 2. The summed E-state index contributed by atoms with van der Waals surface area (Å²) in [5.74, 6) is -0.0936. The number of hydrogen-bond donors (Lipinski definition) is 0. The molecule has 0 saturated heterocycles. The van der Waals surface area contributed by atoms with Crippen LogP contribution in [0.2, 0.25) is 0 Å². The number of ketones is 1. The van der Waals surface area contributed by atoms with E-state index in [4.69, 9.17) is 5.26 Å². The van der Waals surface area contributed by atoms with Crippen LogP contribution in [0.25, 0.3) is 10.9 Å². The molecule has 0 radical (unpaired) electrons. The zero-order chi connectivity index (χ0) is 13.0. The highest BCUT2D eigenvalue weighted by Crippen LogP contribution is 2.23. The van der Waals surface area contributed by atoms with Gasteiger partial charge in [-0.3, -0.25) is 4.79 Å². The normalized spacial score (nSPS) is 10.4. The molecule has 0 spiro atoms. The number of rotatable bonds is 5. The van der Waals surface area contributed by atoms with E-state index in [9.17, 15) is 4.79 Å². The van der Waals surface area contributed by atoms with Gasteiger partial charge < -0.3 is 4.57 Å². The molecular weight excluding hydrogens is 224 g/mol. The van der Waals surface area contributed by atoms with Crippen LogP contribution < -0.4 is 0 Å². The van der Waals surface area contributed by atoms with Crippen molar-refractivity contribution in [1.82, 2.24) is 4.57 Å². The van der Waals surface area contributed by atoms with Gasteiger partial charge in [0.25, 0.3) is 0 Å². The van der Waals surface area contributed by atoms with Crippen LogP contribution in [0, 0.1) is 11.3 Å². The molecule has 0 aliphatic heterocycles. The van der Waals surface area contributed by atoms with E-state index in [1.165, 1.54) is 0 Å². The summed E-state index contributed by atoms with van der Waals surface area (Å²) in [6, 6.07) is 9.79. The molecule has 0 N–H and O–H groups in total. The molecule has 0 aliphatic rings. The molecule has 0 aliphatic carbocycles. The molecule has 0 bridgehead atoms. The Hall–Kier alpha value is -2.08. The van der Waals surface area contributed by atoms with Crippen molar-refractivity contribution in [2.45, 2.75) is 32.7 Å². The Balaban J connectivity index is 2.47. The van der Waals surface area contributed by atoms with Crippen molar-refractivity contribution in [2.24, 2.45) is 0 Å². The second-order valence-corrected chi connectivity index (χ2v) is 4.36. The Labute approximate surface area is 107 Å². The van der Waals surface area contributed by atoms with Crippen LogP contribution >= 0.6 is 0 Å². The third-order valence-electron chi connectivity index (χ3n) is 3.08. The van der Waals surface area contributed by atoms with Gasteiger partial charge in [0.2, 0.25) is 0 Å². The van der Waals surface area contributed by atoms with E-state index >= 15 is 0 Å². The van der Waals surface area contributed by atoms with E-state index in [-0.39, 0.29) is 12.2 Å². The number of para-hydroxylation sites is 1. The summed E-state index contributed by atoms with van der Waals surface area (Å²) in [6.07, 6.45) is 4.04. The van der Waals surface area contributed by atoms with Crippen LogP contribution in [0.4, 0.5) is 0 Å². The molecule has 0 fully saturated rings.